The Hall–Kier alpha value is -1.49. The number of nitrogens with one attached hydrogen (secondary N) is 1. The topological polar surface area (TPSA) is 12.0 Å². The summed E-state index contributed by atoms with van der Waals surface area (Å²) in [4.78, 5) is 2.49. The molecule has 2 aromatic rings. The maximum Gasteiger partial charge on any atom is 0.416 e. The number of benzene rings is 1. The molecule has 3 rings (SSSR count). The highest BCUT2D eigenvalue weighted by Gasteiger charge is 2.32. The number of anilines is 1. The third-order valence-corrected chi connectivity index (χ3v) is 4.90. The van der Waals surface area contributed by atoms with E-state index in [1.54, 1.807) is 11.3 Å². The molecule has 1 aliphatic heterocycles. The third kappa shape index (κ3) is 2.42. The van der Waals surface area contributed by atoms with E-state index in [0.717, 1.165) is 23.7 Å². The molecule has 1 N–H and O–H groups in total. The van der Waals surface area contributed by atoms with Gasteiger partial charge in [0.2, 0.25) is 0 Å². The first kappa shape index (κ1) is 13.5. The highest BCUT2D eigenvalue weighted by atomic mass is 32.1. The normalized spacial score (nSPS) is 17.9. The van der Waals surface area contributed by atoms with E-state index in [9.17, 15) is 13.2 Å². The van der Waals surface area contributed by atoms with Gasteiger partial charge in [-0.15, -0.1) is 11.3 Å². The molecule has 1 aliphatic rings. The average molecular weight is 297 g/mol. The quantitative estimate of drug-likeness (QED) is 0.819. The Kier molecular flexibility index (Phi) is 3.24. The summed E-state index contributed by atoms with van der Waals surface area (Å²) in [5, 5.41) is 3.31. The van der Waals surface area contributed by atoms with Gasteiger partial charge in [0.15, 0.2) is 0 Å². The van der Waals surface area contributed by atoms with Crippen molar-refractivity contribution in [2.45, 2.75) is 32.0 Å². The lowest BCUT2D eigenvalue weighted by Gasteiger charge is -2.08. The molecule has 0 spiro atoms. The van der Waals surface area contributed by atoms with Gasteiger partial charge in [-0.3, -0.25) is 0 Å². The molecule has 0 bridgehead atoms. The summed E-state index contributed by atoms with van der Waals surface area (Å²) in [7, 11) is 0. The van der Waals surface area contributed by atoms with Crippen LogP contribution in [0.3, 0.4) is 0 Å². The van der Waals surface area contributed by atoms with E-state index in [0.29, 0.717) is 6.42 Å². The Labute approximate surface area is 119 Å². The molecule has 20 heavy (non-hydrogen) atoms. The van der Waals surface area contributed by atoms with Crippen LogP contribution in [-0.4, -0.2) is 0 Å². The minimum absolute atomic E-state index is 0.0961. The molecular weight excluding hydrogens is 283 g/mol. The van der Waals surface area contributed by atoms with Gasteiger partial charge >= 0.3 is 6.18 Å². The summed E-state index contributed by atoms with van der Waals surface area (Å²) in [5.41, 5.74) is 0.991. The lowest BCUT2D eigenvalue weighted by Crippen LogP contribution is -2.04. The molecule has 106 valence electrons. The van der Waals surface area contributed by atoms with Gasteiger partial charge in [-0.2, -0.15) is 13.2 Å². The average Bonchev–Trinajstić information content (AvgIpc) is 3.02. The zero-order valence-corrected chi connectivity index (χ0v) is 11.7. The van der Waals surface area contributed by atoms with Gasteiger partial charge in [0.05, 0.1) is 11.6 Å². The van der Waals surface area contributed by atoms with E-state index in [2.05, 4.69) is 24.4 Å². The lowest BCUT2D eigenvalue weighted by molar-refractivity contribution is -0.137. The molecular formula is C15H14F3NS. The molecule has 5 heteroatoms. The molecule has 1 nitrogen and oxygen atoms in total. The molecule has 0 radical (unpaired) electrons. The van der Waals surface area contributed by atoms with Gasteiger partial charge in [-0.1, -0.05) is 6.92 Å². The second kappa shape index (κ2) is 4.81. The van der Waals surface area contributed by atoms with Crippen molar-refractivity contribution in [2.24, 2.45) is 0 Å². The van der Waals surface area contributed by atoms with Gasteiger partial charge in [0.25, 0.3) is 0 Å². The molecule has 0 aliphatic carbocycles. The van der Waals surface area contributed by atoms with Gasteiger partial charge in [0.1, 0.15) is 0 Å². The van der Waals surface area contributed by atoms with Crippen molar-refractivity contribution in [3.63, 3.8) is 0 Å². The Bertz CT molecular complexity index is 630. The number of hydrogen-bond acceptors (Lipinski definition) is 2. The number of rotatable bonds is 2. The Balaban J connectivity index is 1.85. The number of fused-ring (bicyclic) bond motifs is 1. The standard InChI is InChI=1S/C15H14F3NS/c1-2-11-4-6-14(20-11)13-8-9-7-10(15(16,17)18)3-5-12(9)19-13/h3-7,13,19H,2,8H2,1H3. The summed E-state index contributed by atoms with van der Waals surface area (Å²) < 4.78 is 38.1. The SMILES string of the molecule is CCc1ccc(C2Cc3cc(C(F)(F)F)ccc3N2)s1. The molecule has 2 heterocycles. The smallest absolute Gasteiger partial charge is 0.377 e. The zero-order chi connectivity index (χ0) is 14.3. The first-order valence-electron chi connectivity index (χ1n) is 6.52. The lowest BCUT2D eigenvalue weighted by atomic mass is 10.1. The van der Waals surface area contributed by atoms with Crippen molar-refractivity contribution in [1.82, 2.24) is 0 Å². The third-order valence-electron chi connectivity index (χ3n) is 3.56. The molecule has 1 atom stereocenters. The first-order valence-corrected chi connectivity index (χ1v) is 7.34. The van der Waals surface area contributed by atoms with Crippen LogP contribution in [0.25, 0.3) is 0 Å². The van der Waals surface area contributed by atoms with Crippen molar-refractivity contribution in [3.05, 3.63) is 51.2 Å². The first-order chi connectivity index (χ1) is 9.47. The number of halogens is 3. The minimum Gasteiger partial charge on any atom is -0.377 e. The minimum atomic E-state index is -4.27. The Morgan fingerprint density at radius 3 is 2.70 bits per heavy atom. The van der Waals surface area contributed by atoms with Gasteiger partial charge in [0, 0.05) is 15.4 Å². The van der Waals surface area contributed by atoms with Crippen LogP contribution in [-0.2, 0) is 19.0 Å². The van der Waals surface area contributed by atoms with Gasteiger partial charge in [-0.05, 0) is 48.7 Å². The zero-order valence-electron chi connectivity index (χ0n) is 10.9. The second-order valence-corrected chi connectivity index (χ2v) is 6.13. The summed E-state index contributed by atoms with van der Waals surface area (Å²) in [5.74, 6) is 0. The molecule has 1 aromatic carbocycles. The fourth-order valence-electron chi connectivity index (χ4n) is 2.48. The number of hydrogen-bond donors (Lipinski definition) is 1. The van der Waals surface area contributed by atoms with Crippen LogP contribution >= 0.6 is 11.3 Å². The van der Waals surface area contributed by atoms with Crippen molar-refractivity contribution in [1.29, 1.82) is 0 Å². The molecule has 1 unspecified atom stereocenters. The summed E-state index contributed by atoms with van der Waals surface area (Å²) >= 11 is 1.73. The molecule has 1 aromatic heterocycles. The summed E-state index contributed by atoms with van der Waals surface area (Å²) in [6.45, 7) is 2.10. The van der Waals surface area contributed by atoms with Crippen LogP contribution in [0.5, 0.6) is 0 Å². The van der Waals surface area contributed by atoms with Crippen LogP contribution in [0.15, 0.2) is 30.3 Å². The number of alkyl halides is 3. The van der Waals surface area contributed by atoms with Gasteiger partial charge in [-0.25, -0.2) is 0 Å². The maximum atomic E-state index is 12.7. The van der Waals surface area contributed by atoms with E-state index in [4.69, 9.17) is 0 Å². The highest BCUT2D eigenvalue weighted by Crippen LogP contribution is 2.40. The summed E-state index contributed by atoms with van der Waals surface area (Å²) in [6.07, 6.45) is -2.67. The van der Waals surface area contributed by atoms with E-state index in [1.165, 1.54) is 21.9 Å². The highest BCUT2D eigenvalue weighted by molar-refractivity contribution is 7.12. The van der Waals surface area contributed by atoms with Crippen LogP contribution < -0.4 is 5.32 Å². The summed E-state index contributed by atoms with van der Waals surface area (Å²) in [6, 6.07) is 8.19. The van der Waals surface area contributed by atoms with E-state index in [1.807, 2.05) is 0 Å². The van der Waals surface area contributed by atoms with Crippen molar-refractivity contribution in [2.75, 3.05) is 5.32 Å². The van der Waals surface area contributed by atoms with E-state index >= 15 is 0 Å². The van der Waals surface area contributed by atoms with Crippen LogP contribution in [0.4, 0.5) is 18.9 Å². The predicted molar refractivity (Wildman–Crippen MR) is 75.2 cm³/mol. The van der Waals surface area contributed by atoms with Crippen LogP contribution in [0.1, 0.15) is 33.8 Å². The van der Waals surface area contributed by atoms with E-state index < -0.39 is 11.7 Å². The van der Waals surface area contributed by atoms with Crippen molar-refractivity contribution >= 4 is 17.0 Å². The number of aryl methyl sites for hydroxylation is 1. The number of thiophene rings is 1. The Morgan fingerprint density at radius 2 is 2.05 bits per heavy atom. The van der Waals surface area contributed by atoms with Crippen molar-refractivity contribution in [3.8, 4) is 0 Å². The fraction of sp³-hybridized carbons (Fsp3) is 0.333. The van der Waals surface area contributed by atoms with Crippen LogP contribution in [0.2, 0.25) is 0 Å². The molecule has 0 fully saturated rings. The maximum absolute atomic E-state index is 12.7. The second-order valence-electron chi connectivity index (χ2n) is 4.93. The predicted octanol–water partition coefficient (Wildman–Crippen LogP) is 5.04. The largest absolute Gasteiger partial charge is 0.416 e. The molecule has 0 saturated carbocycles. The Morgan fingerprint density at radius 1 is 1.25 bits per heavy atom. The van der Waals surface area contributed by atoms with Gasteiger partial charge < -0.3 is 5.32 Å². The molecule has 0 amide bonds. The van der Waals surface area contributed by atoms with E-state index in [-0.39, 0.29) is 6.04 Å². The monoisotopic (exact) mass is 297 g/mol. The van der Waals surface area contributed by atoms with Crippen molar-refractivity contribution < 1.29 is 13.2 Å². The fourth-order valence-corrected chi connectivity index (χ4v) is 3.49. The van der Waals surface area contributed by atoms with Crippen LogP contribution in [0, 0.1) is 0 Å². The molecule has 0 saturated heterocycles.